The minimum atomic E-state index is -3.48. The number of benzene rings is 1. The fourth-order valence-corrected chi connectivity index (χ4v) is 2.84. The topological polar surface area (TPSA) is 72.2 Å². The minimum Gasteiger partial charge on any atom is -0.398 e. The first kappa shape index (κ1) is 16.0. The zero-order valence-electron chi connectivity index (χ0n) is 12.2. The summed E-state index contributed by atoms with van der Waals surface area (Å²) in [5.41, 5.74) is 7.28. The Labute approximate surface area is 116 Å². The van der Waals surface area contributed by atoms with Crippen LogP contribution in [-0.4, -0.2) is 15.0 Å². The van der Waals surface area contributed by atoms with Gasteiger partial charge in [-0.2, -0.15) is 0 Å². The van der Waals surface area contributed by atoms with Crippen molar-refractivity contribution in [1.29, 1.82) is 0 Å². The molecule has 0 heterocycles. The average Bonchev–Trinajstić information content (AvgIpc) is 2.36. The van der Waals surface area contributed by atoms with E-state index in [4.69, 9.17) is 5.73 Å². The fourth-order valence-electron chi connectivity index (χ4n) is 1.56. The van der Waals surface area contributed by atoms with E-state index in [0.29, 0.717) is 12.2 Å². The lowest BCUT2D eigenvalue weighted by molar-refractivity contribution is 0.350. The monoisotopic (exact) mass is 284 g/mol. The van der Waals surface area contributed by atoms with Gasteiger partial charge in [-0.05, 0) is 36.0 Å². The van der Waals surface area contributed by atoms with Gasteiger partial charge in [0, 0.05) is 12.2 Å². The van der Waals surface area contributed by atoms with Gasteiger partial charge in [0.1, 0.15) is 0 Å². The maximum absolute atomic E-state index is 12.2. The van der Waals surface area contributed by atoms with Gasteiger partial charge in [0.25, 0.3) is 0 Å². The van der Waals surface area contributed by atoms with E-state index in [1.165, 1.54) is 6.07 Å². The van der Waals surface area contributed by atoms with Crippen LogP contribution in [0, 0.1) is 5.41 Å². The van der Waals surface area contributed by atoms with Crippen molar-refractivity contribution in [2.75, 3.05) is 12.3 Å². The second-order valence-electron chi connectivity index (χ2n) is 5.56. The van der Waals surface area contributed by atoms with E-state index in [1.807, 2.05) is 27.7 Å². The Hall–Kier alpha value is -1.07. The van der Waals surface area contributed by atoms with Crippen molar-refractivity contribution in [1.82, 2.24) is 4.72 Å². The number of hydrogen-bond donors (Lipinski definition) is 2. The molecule has 0 aliphatic heterocycles. The van der Waals surface area contributed by atoms with Crippen molar-refractivity contribution in [3.63, 3.8) is 0 Å². The second kappa shape index (κ2) is 5.92. The molecule has 0 amide bonds. The van der Waals surface area contributed by atoms with Crippen molar-refractivity contribution in [3.05, 3.63) is 23.8 Å². The molecule has 5 heteroatoms. The van der Waals surface area contributed by atoms with E-state index in [2.05, 4.69) is 4.72 Å². The second-order valence-corrected chi connectivity index (χ2v) is 7.32. The van der Waals surface area contributed by atoms with Gasteiger partial charge in [-0.15, -0.1) is 0 Å². The van der Waals surface area contributed by atoms with E-state index in [1.54, 1.807) is 12.1 Å². The first-order valence-electron chi connectivity index (χ1n) is 6.60. The minimum absolute atomic E-state index is 0.0536. The molecule has 1 rings (SSSR count). The SMILES string of the molecule is CCc1ccc(S(=O)(=O)NCC(C)(C)CC)cc1N. The zero-order chi connectivity index (χ0) is 14.7. The highest BCUT2D eigenvalue weighted by molar-refractivity contribution is 7.89. The Balaban J connectivity index is 2.92. The lowest BCUT2D eigenvalue weighted by Gasteiger charge is -2.22. The molecule has 0 spiro atoms. The van der Waals surface area contributed by atoms with Crippen molar-refractivity contribution >= 4 is 15.7 Å². The summed E-state index contributed by atoms with van der Waals surface area (Å²) in [4.78, 5) is 0.231. The van der Waals surface area contributed by atoms with Gasteiger partial charge in [-0.25, -0.2) is 13.1 Å². The van der Waals surface area contributed by atoms with E-state index < -0.39 is 10.0 Å². The maximum Gasteiger partial charge on any atom is 0.240 e. The van der Waals surface area contributed by atoms with Crippen LogP contribution in [0.3, 0.4) is 0 Å². The number of rotatable bonds is 6. The van der Waals surface area contributed by atoms with Crippen LogP contribution in [0.1, 0.15) is 39.7 Å². The molecule has 0 aliphatic carbocycles. The summed E-state index contributed by atoms with van der Waals surface area (Å²) >= 11 is 0. The number of nitrogen functional groups attached to an aromatic ring is 1. The molecule has 1 aromatic carbocycles. The van der Waals surface area contributed by atoms with Crippen LogP contribution in [0.2, 0.25) is 0 Å². The van der Waals surface area contributed by atoms with E-state index in [9.17, 15) is 8.42 Å². The summed E-state index contributed by atoms with van der Waals surface area (Å²) in [7, 11) is -3.48. The smallest absolute Gasteiger partial charge is 0.240 e. The summed E-state index contributed by atoms with van der Waals surface area (Å²) in [6.07, 6.45) is 1.70. The Bertz CT molecular complexity index is 536. The first-order valence-corrected chi connectivity index (χ1v) is 8.08. The largest absolute Gasteiger partial charge is 0.398 e. The van der Waals surface area contributed by atoms with Gasteiger partial charge in [-0.1, -0.05) is 33.8 Å². The van der Waals surface area contributed by atoms with E-state index >= 15 is 0 Å². The summed E-state index contributed by atoms with van der Waals surface area (Å²) in [5.74, 6) is 0. The van der Waals surface area contributed by atoms with Crippen LogP contribution in [-0.2, 0) is 16.4 Å². The predicted octanol–water partition coefficient (Wildman–Crippen LogP) is 2.55. The Morgan fingerprint density at radius 1 is 1.26 bits per heavy atom. The van der Waals surface area contributed by atoms with Crippen LogP contribution >= 0.6 is 0 Å². The number of anilines is 1. The van der Waals surface area contributed by atoms with Crippen LogP contribution in [0.25, 0.3) is 0 Å². The van der Waals surface area contributed by atoms with Crippen LogP contribution in [0.15, 0.2) is 23.1 Å². The highest BCUT2D eigenvalue weighted by Gasteiger charge is 2.21. The molecule has 108 valence electrons. The highest BCUT2D eigenvalue weighted by Crippen LogP contribution is 2.21. The van der Waals surface area contributed by atoms with Gasteiger partial charge < -0.3 is 5.73 Å². The molecule has 0 saturated heterocycles. The Morgan fingerprint density at radius 3 is 2.37 bits per heavy atom. The van der Waals surface area contributed by atoms with Crippen molar-refractivity contribution in [2.24, 2.45) is 5.41 Å². The molecule has 0 aliphatic rings. The number of sulfonamides is 1. The number of aryl methyl sites for hydroxylation is 1. The molecule has 0 bridgehead atoms. The van der Waals surface area contributed by atoms with Gasteiger partial charge in [0.2, 0.25) is 10.0 Å². The Kier molecular flexibility index (Phi) is 4.98. The molecule has 0 aromatic heterocycles. The molecule has 0 unspecified atom stereocenters. The normalized spacial score (nSPS) is 12.6. The lowest BCUT2D eigenvalue weighted by atomic mass is 9.91. The van der Waals surface area contributed by atoms with Crippen molar-refractivity contribution in [2.45, 2.75) is 45.4 Å². The van der Waals surface area contributed by atoms with Crippen molar-refractivity contribution < 1.29 is 8.42 Å². The summed E-state index contributed by atoms with van der Waals surface area (Å²) in [5, 5.41) is 0. The van der Waals surface area contributed by atoms with Crippen LogP contribution in [0.4, 0.5) is 5.69 Å². The molecular formula is C14H24N2O2S. The third-order valence-electron chi connectivity index (χ3n) is 3.51. The molecule has 0 fully saturated rings. The van der Waals surface area contributed by atoms with Crippen LogP contribution in [0.5, 0.6) is 0 Å². The number of hydrogen-bond acceptors (Lipinski definition) is 3. The highest BCUT2D eigenvalue weighted by atomic mass is 32.2. The van der Waals surface area contributed by atoms with E-state index in [0.717, 1.165) is 18.4 Å². The summed E-state index contributed by atoms with van der Waals surface area (Å²) in [6.45, 7) is 8.51. The van der Waals surface area contributed by atoms with E-state index in [-0.39, 0.29) is 10.3 Å². The average molecular weight is 284 g/mol. The van der Waals surface area contributed by atoms with Crippen molar-refractivity contribution in [3.8, 4) is 0 Å². The molecule has 4 nitrogen and oxygen atoms in total. The van der Waals surface area contributed by atoms with Gasteiger partial charge in [0.15, 0.2) is 0 Å². The predicted molar refractivity (Wildman–Crippen MR) is 79.5 cm³/mol. The standard InChI is InChI=1S/C14H24N2O2S/c1-5-11-7-8-12(9-13(11)15)19(17,18)16-10-14(3,4)6-2/h7-9,16H,5-6,10,15H2,1-4H3. The third-order valence-corrected chi connectivity index (χ3v) is 4.91. The quantitative estimate of drug-likeness (QED) is 0.789. The van der Waals surface area contributed by atoms with Gasteiger partial charge in [0.05, 0.1) is 4.90 Å². The zero-order valence-corrected chi connectivity index (χ0v) is 13.0. The molecule has 0 saturated carbocycles. The van der Waals surface area contributed by atoms with Gasteiger partial charge >= 0.3 is 0 Å². The Morgan fingerprint density at radius 2 is 1.89 bits per heavy atom. The molecule has 1 aromatic rings. The molecule has 0 radical (unpaired) electrons. The lowest BCUT2D eigenvalue weighted by Crippen LogP contribution is -2.33. The maximum atomic E-state index is 12.2. The number of nitrogens with two attached hydrogens (primary N) is 1. The molecule has 3 N–H and O–H groups in total. The first-order chi connectivity index (χ1) is 8.72. The number of nitrogens with one attached hydrogen (secondary N) is 1. The van der Waals surface area contributed by atoms with Crippen LogP contribution < -0.4 is 10.5 Å². The fraction of sp³-hybridized carbons (Fsp3) is 0.571. The third kappa shape index (κ3) is 4.21. The molecular weight excluding hydrogens is 260 g/mol. The van der Waals surface area contributed by atoms with Gasteiger partial charge in [-0.3, -0.25) is 0 Å². The summed E-state index contributed by atoms with van der Waals surface area (Å²) < 4.78 is 27.0. The molecule has 0 atom stereocenters. The molecule has 19 heavy (non-hydrogen) atoms. The summed E-state index contributed by atoms with van der Waals surface area (Å²) in [6, 6.07) is 4.91.